The summed E-state index contributed by atoms with van der Waals surface area (Å²) in [6.45, 7) is 0. The largest absolute Gasteiger partial charge is 0.339 e. The van der Waals surface area contributed by atoms with Crippen LogP contribution < -0.4 is 5.32 Å². The van der Waals surface area contributed by atoms with E-state index in [-0.39, 0.29) is 16.7 Å². The number of benzene rings is 2. The summed E-state index contributed by atoms with van der Waals surface area (Å²) < 4.78 is 27.1. The molecule has 0 aliphatic heterocycles. The maximum absolute atomic E-state index is 13.9. The van der Waals surface area contributed by atoms with Gasteiger partial charge in [0.15, 0.2) is 0 Å². The molecule has 0 saturated heterocycles. The van der Waals surface area contributed by atoms with Gasteiger partial charge in [-0.1, -0.05) is 17.7 Å². The minimum atomic E-state index is -0.717. The third-order valence-corrected chi connectivity index (χ3v) is 2.98. The van der Waals surface area contributed by atoms with Crippen molar-refractivity contribution >= 4 is 34.0 Å². The predicted molar refractivity (Wildman–Crippen MR) is 74.2 cm³/mol. The Balaban J connectivity index is 2.12. The van der Waals surface area contributed by atoms with Crippen LogP contribution in [0, 0.1) is 11.6 Å². The summed E-state index contributed by atoms with van der Waals surface area (Å²) in [5.41, 5.74) is 0.850. The maximum atomic E-state index is 13.9. The highest BCUT2D eigenvalue weighted by Crippen LogP contribution is 2.27. The van der Waals surface area contributed by atoms with Gasteiger partial charge in [-0.15, -0.1) is 0 Å². The molecule has 0 bridgehead atoms. The highest BCUT2D eigenvalue weighted by molar-refractivity contribution is 6.30. The normalized spacial score (nSPS) is 10.8. The van der Waals surface area contributed by atoms with E-state index in [0.29, 0.717) is 10.7 Å². The first-order valence-electron chi connectivity index (χ1n) is 5.76. The lowest BCUT2D eigenvalue weighted by molar-refractivity contribution is 0.591. The zero-order valence-corrected chi connectivity index (χ0v) is 10.8. The molecule has 0 fully saturated rings. The Kier molecular flexibility index (Phi) is 3.20. The molecule has 3 rings (SSSR count). The minimum Gasteiger partial charge on any atom is -0.339 e. The Labute approximate surface area is 118 Å². The standard InChI is InChI=1S/C14H8ClF2N3/c15-8-2-1-3-10(4-8)20-14-13-11(17)5-9(16)6-12(13)18-7-19-14/h1-7H,(H,18,19,20). The van der Waals surface area contributed by atoms with Crippen LogP contribution in [0.25, 0.3) is 10.9 Å². The highest BCUT2D eigenvalue weighted by Gasteiger charge is 2.11. The molecule has 0 unspecified atom stereocenters. The van der Waals surface area contributed by atoms with E-state index in [1.807, 2.05) is 0 Å². The number of aromatic nitrogens is 2. The van der Waals surface area contributed by atoms with Crippen molar-refractivity contribution in [3.05, 3.63) is 59.4 Å². The van der Waals surface area contributed by atoms with Gasteiger partial charge in [-0.2, -0.15) is 0 Å². The number of hydrogen-bond acceptors (Lipinski definition) is 3. The third-order valence-electron chi connectivity index (χ3n) is 2.74. The number of halogens is 3. The lowest BCUT2D eigenvalue weighted by Crippen LogP contribution is -1.98. The first-order valence-corrected chi connectivity index (χ1v) is 6.13. The quantitative estimate of drug-likeness (QED) is 0.765. The first-order chi connectivity index (χ1) is 9.63. The van der Waals surface area contributed by atoms with Crippen LogP contribution in [-0.2, 0) is 0 Å². The number of nitrogens with one attached hydrogen (secondary N) is 1. The minimum absolute atomic E-state index is 0.133. The van der Waals surface area contributed by atoms with Crippen LogP contribution in [0.15, 0.2) is 42.7 Å². The molecule has 0 atom stereocenters. The van der Waals surface area contributed by atoms with E-state index in [1.165, 1.54) is 6.33 Å². The molecule has 0 radical (unpaired) electrons. The fourth-order valence-electron chi connectivity index (χ4n) is 1.91. The smallest absolute Gasteiger partial charge is 0.144 e. The molecule has 0 amide bonds. The molecule has 3 aromatic rings. The van der Waals surface area contributed by atoms with Gasteiger partial charge in [0, 0.05) is 22.8 Å². The van der Waals surface area contributed by atoms with E-state index in [2.05, 4.69) is 15.3 Å². The molecule has 6 heteroatoms. The second-order valence-electron chi connectivity index (χ2n) is 4.14. The van der Waals surface area contributed by atoms with Crippen molar-refractivity contribution in [3.8, 4) is 0 Å². The van der Waals surface area contributed by atoms with Gasteiger partial charge < -0.3 is 5.32 Å². The molecule has 0 aliphatic carbocycles. The van der Waals surface area contributed by atoms with Gasteiger partial charge >= 0.3 is 0 Å². The van der Waals surface area contributed by atoms with Gasteiger partial charge in [-0.05, 0) is 18.2 Å². The second-order valence-corrected chi connectivity index (χ2v) is 4.58. The van der Waals surface area contributed by atoms with E-state index in [9.17, 15) is 8.78 Å². The van der Waals surface area contributed by atoms with Crippen LogP contribution in [0.3, 0.4) is 0 Å². The van der Waals surface area contributed by atoms with Crippen LogP contribution >= 0.6 is 11.6 Å². The van der Waals surface area contributed by atoms with Gasteiger partial charge in [0.05, 0.1) is 10.9 Å². The number of rotatable bonds is 2. The zero-order chi connectivity index (χ0) is 14.1. The molecule has 1 aromatic heterocycles. The lowest BCUT2D eigenvalue weighted by atomic mass is 10.2. The molecule has 20 heavy (non-hydrogen) atoms. The van der Waals surface area contributed by atoms with Crippen LogP contribution in [0.4, 0.5) is 20.3 Å². The first kappa shape index (κ1) is 12.7. The fourth-order valence-corrected chi connectivity index (χ4v) is 2.10. The van der Waals surface area contributed by atoms with Crippen LogP contribution in [0.2, 0.25) is 5.02 Å². The average molecular weight is 292 g/mol. The van der Waals surface area contributed by atoms with Crippen LogP contribution in [-0.4, -0.2) is 9.97 Å². The summed E-state index contributed by atoms with van der Waals surface area (Å²) in [4.78, 5) is 7.86. The summed E-state index contributed by atoms with van der Waals surface area (Å²) >= 11 is 5.88. The van der Waals surface area contributed by atoms with Crippen molar-refractivity contribution in [2.24, 2.45) is 0 Å². The average Bonchev–Trinajstić information content (AvgIpc) is 2.38. The molecule has 0 aliphatic rings. The van der Waals surface area contributed by atoms with Gasteiger partial charge in [0.25, 0.3) is 0 Å². The predicted octanol–water partition coefficient (Wildman–Crippen LogP) is 4.31. The van der Waals surface area contributed by atoms with Gasteiger partial charge in [0.1, 0.15) is 23.8 Å². The molecule has 2 aromatic carbocycles. The maximum Gasteiger partial charge on any atom is 0.144 e. The van der Waals surface area contributed by atoms with E-state index < -0.39 is 11.6 Å². The van der Waals surface area contributed by atoms with Crippen molar-refractivity contribution in [2.75, 3.05) is 5.32 Å². The molecule has 0 saturated carbocycles. The summed E-state index contributed by atoms with van der Waals surface area (Å²) in [6, 6.07) is 8.88. The molecule has 0 spiro atoms. The Morgan fingerprint density at radius 2 is 1.90 bits per heavy atom. The monoisotopic (exact) mass is 291 g/mol. The van der Waals surface area contributed by atoms with Crippen molar-refractivity contribution in [1.29, 1.82) is 0 Å². The highest BCUT2D eigenvalue weighted by atomic mass is 35.5. The van der Waals surface area contributed by atoms with Crippen molar-refractivity contribution < 1.29 is 8.78 Å². The van der Waals surface area contributed by atoms with E-state index in [4.69, 9.17) is 11.6 Å². The van der Waals surface area contributed by atoms with E-state index in [1.54, 1.807) is 24.3 Å². The summed E-state index contributed by atoms with van der Waals surface area (Å²) in [7, 11) is 0. The number of nitrogens with zero attached hydrogens (tertiary/aromatic N) is 2. The summed E-state index contributed by atoms with van der Waals surface area (Å²) in [6.07, 6.45) is 1.24. The van der Waals surface area contributed by atoms with Crippen molar-refractivity contribution in [1.82, 2.24) is 9.97 Å². The van der Waals surface area contributed by atoms with Crippen LogP contribution in [0.5, 0.6) is 0 Å². The van der Waals surface area contributed by atoms with Crippen LogP contribution in [0.1, 0.15) is 0 Å². The zero-order valence-electron chi connectivity index (χ0n) is 10.1. The summed E-state index contributed by atoms with van der Waals surface area (Å²) in [5, 5.41) is 3.62. The molecule has 1 heterocycles. The number of fused-ring (bicyclic) bond motifs is 1. The molecular weight excluding hydrogens is 284 g/mol. The Morgan fingerprint density at radius 3 is 2.70 bits per heavy atom. The fraction of sp³-hybridized carbons (Fsp3) is 0. The van der Waals surface area contributed by atoms with Crippen molar-refractivity contribution in [3.63, 3.8) is 0 Å². The third kappa shape index (κ3) is 2.40. The van der Waals surface area contributed by atoms with Gasteiger partial charge in [-0.3, -0.25) is 0 Å². The summed E-state index contributed by atoms with van der Waals surface area (Å²) in [5.74, 6) is -1.14. The van der Waals surface area contributed by atoms with Gasteiger partial charge in [-0.25, -0.2) is 18.7 Å². The second kappa shape index (κ2) is 5.02. The lowest BCUT2D eigenvalue weighted by Gasteiger charge is -2.09. The Hall–Kier alpha value is -2.27. The molecule has 100 valence electrons. The number of anilines is 2. The molecule has 1 N–H and O–H groups in total. The number of hydrogen-bond donors (Lipinski definition) is 1. The van der Waals surface area contributed by atoms with Gasteiger partial charge in [0.2, 0.25) is 0 Å². The SMILES string of the molecule is Fc1cc(F)c2c(Nc3cccc(Cl)c3)ncnc2c1. The van der Waals surface area contributed by atoms with Crippen molar-refractivity contribution in [2.45, 2.75) is 0 Å². The van der Waals surface area contributed by atoms with E-state index in [0.717, 1.165) is 12.1 Å². The molecule has 3 nitrogen and oxygen atoms in total. The Morgan fingerprint density at radius 1 is 1.05 bits per heavy atom. The van der Waals surface area contributed by atoms with E-state index >= 15 is 0 Å². The molecular formula is C14H8ClF2N3. The Bertz CT molecular complexity index is 792. The topological polar surface area (TPSA) is 37.8 Å².